The summed E-state index contributed by atoms with van der Waals surface area (Å²) < 4.78 is 1.66. The van der Waals surface area contributed by atoms with Crippen LogP contribution in [0, 0.1) is 13.8 Å². The fraction of sp³-hybridized carbons (Fsp3) is 0.208. The van der Waals surface area contributed by atoms with Gasteiger partial charge in [-0.3, -0.25) is 14.2 Å². The Hall–Kier alpha value is -2.90. The number of hydrogen-bond acceptors (Lipinski definition) is 5. The summed E-state index contributed by atoms with van der Waals surface area (Å²) in [5.41, 5.74) is 3.32. The minimum Gasteiger partial charge on any atom is -0.340 e. The van der Waals surface area contributed by atoms with Crippen LogP contribution in [0.1, 0.15) is 16.0 Å². The molecule has 0 aliphatic carbocycles. The number of fused-ring (bicyclic) bond motifs is 1. The number of para-hydroxylation sites is 2. The van der Waals surface area contributed by atoms with Crippen molar-refractivity contribution in [1.82, 2.24) is 14.5 Å². The Balaban J connectivity index is 1.71. The third-order valence-corrected chi connectivity index (χ3v) is 6.92. The zero-order valence-corrected chi connectivity index (χ0v) is 19.3. The first kappa shape index (κ1) is 21.3. The summed E-state index contributed by atoms with van der Waals surface area (Å²) in [4.78, 5) is 33.8. The van der Waals surface area contributed by atoms with Crippen molar-refractivity contribution in [1.29, 1.82) is 0 Å². The molecule has 0 fully saturated rings. The number of rotatable bonds is 6. The Morgan fingerprint density at radius 1 is 1.06 bits per heavy atom. The first-order valence-corrected chi connectivity index (χ1v) is 11.8. The van der Waals surface area contributed by atoms with Crippen LogP contribution in [0.5, 0.6) is 0 Å². The highest BCUT2D eigenvalue weighted by molar-refractivity contribution is 7.99. The van der Waals surface area contributed by atoms with E-state index in [4.69, 9.17) is 4.98 Å². The van der Waals surface area contributed by atoms with Gasteiger partial charge in [0.05, 0.1) is 28.9 Å². The van der Waals surface area contributed by atoms with E-state index in [0.717, 1.165) is 21.7 Å². The van der Waals surface area contributed by atoms with Gasteiger partial charge < -0.3 is 4.90 Å². The molecule has 7 heteroatoms. The van der Waals surface area contributed by atoms with Crippen molar-refractivity contribution in [3.63, 3.8) is 0 Å². The normalized spacial score (nSPS) is 11.1. The molecule has 158 valence electrons. The Kier molecular flexibility index (Phi) is 6.25. The third kappa shape index (κ3) is 4.43. The lowest BCUT2D eigenvalue weighted by Gasteiger charge is -2.19. The SMILES string of the molecule is Cc1cccc(C)c1-n1c(SCC(=O)N(C)Cc2cccs2)nc2ccccc2c1=O. The summed E-state index contributed by atoms with van der Waals surface area (Å²) >= 11 is 2.93. The van der Waals surface area contributed by atoms with E-state index in [1.54, 1.807) is 33.9 Å². The summed E-state index contributed by atoms with van der Waals surface area (Å²) in [6.07, 6.45) is 0. The topological polar surface area (TPSA) is 55.2 Å². The highest BCUT2D eigenvalue weighted by atomic mass is 32.2. The van der Waals surface area contributed by atoms with Gasteiger partial charge in [0.25, 0.3) is 5.56 Å². The maximum Gasteiger partial charge on any atom is 0.266 e. The first-order valence-electron chi connectivity index (χ1n) is 9.93. The van der Waals surface area contributed by atoms with E-state index >= 15 is 0 Å². The molecule has 0 bridgehead atoms. The molecule has 2 aromatic heterocycles. The number of carbonyl (C=O) groups excluding carboxylic acids is 1. The van der Waals surface area contributed by atoms with Crippen LogP contribution in [0.3, 0.4) is 0 Å². The van der Waals surface area contributed by atoms with Gasteiger partial charge >= 0.3 is 0 Å². The zero-order valence-electron chi connectivity index (χ0n) is 17.7. The molecule has 1 amide bonds. The number of thioether (sulfide) groups is 1. The number of carbonyl (C=O) groups is 1. The van der Waals surface area contributed by atoms with E-state index < -0.39 is 0 Å². The molecule has 0 unspecified atom stereocenters. The molecule has 0 saturated carbocycles. The van der Waals surface area contributed by atoms with Crippen LogP contribution in [0.4, 0.5) is 0 Å². The van der Waals surface area contributed by atoms with Crippen molar-refractivity contribution in [2.24, 2.45) is 0 Å². The largest absolute Gasteiger partial charge is 0.340 e. The minimum atomic E-state index is -0.120. The van der Waals surface area contributed by atoms with Crippen molar-refractivity contribution in [3.05, 3.63) is 86.3 Å². The Morgan fingerprint density at radius 3 is 2.52 bits per heavy atom. The Morgan fingerprint density at radius 2 is 1.81 bits per heavy atom. The van der Waals surface area contributed by atoms with E-state index in [-0.39, 0.29) is 17.2 Å². The standard InChI is InChI=1S/C24H23N3O2S2/c1-16-8-6-9-17(2)22(16)27-23(29)19-11-4-5-12-20(19)25-24(27)31-15-21(28)26(3)14-18-10-7-13-30-18/h4-13H,14-15H2,1-3H3. The average Bonchev–Trinajstić information content (AvgIpc) is 3.26. The monoisotopic (exact) mass is 449 g/mol. The van der Waals surface area contributed by atoms with Crippen molar-refractivity contribution in [2.45, 2.75) is 25.5 Å². The number of thiophene rings is 1. The summed E-state index contributed by atoms with van der Waals surface area (Å²) in [7, 11) is 1.80. The highest BCUT2D eigenvalue weighted by Gasteiger charge is 2.18. The molecule has 0 aliphatic heterocycles. The van der Waals surface area contributed by atoms with E-state index in [9.17, 15) is 9.59 Å². The van der Waals surface area contributed by atoms with Gasteiger partial charge in [-0.2, -0.15) is 0 Å². The Labute approximate surface area is 189 Å². The summed E-state index contributed by atoms with van der Waals surface area (Å²) in [6, 6.07) is 17.3. The first-order chi connectivity index (χ1) is 15.0. The summed E-state index contributed by atoms with van der Waals surface area (Å²) in [5, 5.41) is 3.10. The lowest BCUT2D eigenvalue weighted by molar-refractivity contribution is -0.127. The van der Waals surface area contributed by atoms with Crippen LogP contribution >= 0.6 is 23.1 Å². The molecule has 4 aromatic rings. The molecule has 0 N–H and O–H groups in total. The predicted molar refractivity (Wildman–Crippen MR) is 128 cm³/mol. The molecular formula is C24H23N3O2S2. The summed E-state index contributed by atoms with van der Waals surface area (Å²) in [5.74, 6) is 0.200. The second-order valence-electron chi connectivity index (χ2n) is 7.41. The summed E-state index contributed by atoms with van der Waals surface area (Å²) in [6.45, 7) is 4.54. The number of benzene rings is 2. The molecule has 0 atom stereocenters. The maximum atomic E-state index is 13.5. The van der Waals surface area contributed by atoms with E-state index in [2.05, 4.69) is 0 Å². The third-order valence-electron chi connectivity index (χ3n) is 5.13. The van der Waals surface area contributed by atoms with Crippen LogP contribution in [0.25, 0.3) is 16.6 Å². The van der Waals surface area contributed by atoms with Gasteiger partial charge in [0.15, 0.2) is 5.16 Å². The molecule has 0 spiro atoms. The lowest BCUT2D eigenvalue weighted by atomic mass is 10.1. The molecule has 2 aromatic carbocycles. The second-order valence-corrected chi connectivity index (χ2v) is 9.39. The second kappa shape index (κ2) is 9.08. The number of aryl methyl sites for hydroxylation is 2. The molecule has 0 saturated heterocycles. The van der Waals surface area contributed by atoms with Crippen LogP contribution in [-0.4, -0.2) is 33.2 Å². The quantitative estimate of drug-likeness (QED) is 0.313. The van der Waals surface area contributed by atoms with E-state index in [0.29, 0.717) is 22.6 Å². The van der Waals surface area contributed by atoms with Crippen molar-refractivity contribution in [2.75, 3.05) is 12.8 Å². The molecule has 4 rings (SSSR count). The molecule has 31 heavy (non-hydrogen) atoms. The maximum absolute atomic E-state index is 13.5. The van der Waals surface area contributed by atoms with Gasteiger partial charge in [-0.1, -0.05) is 48.2 Å². The van der Waals surface area contributed by atoms with E-state index in [1.807, 2.05) is 67.8 Å². The van der Waals surface area contributed by atoms with Gasteiger partial charge in [-0.05, 0) is 48.6 Å². The van der Waals surface area contributed by atoms with Crippen LogP contribution in [0.2, 0.25) is 0 Å². The fourth-order valence-electron chi connectivity index (χ4n) is 3.53. The highest BCUT2D eigenvalue weighted by Crippen LogP contribution is 2.25. The van der Waals surface area contributed by atoms with Crippen molar-refractivity contribution in [3.8, 4) is 5.69 Å². The van der Waals surface area contributed by atoms with Crippen molar-refractivity contribution >= 4 is 39.9 Å². The molecule has 5 nitrogen and oxygen atoms in total. The smallest absolute Gasteiger partial charge is 0.266 e. The van der Waals surface area contributed by atoms with Crippen LogP contribution < -0.4 is 5.56 Å². The number of nitrogens with zero attached hydrogens (tertiary/aromatic N) is 3. The van der Waals surface area contributed by atoms with Crippen LogP contribution in [-0.2, 0) is 11.3 Å². The minimum absolute atomic E-state index is 0.00568. The van der Waals surface area contributed by atoms with Gasteiger partial charge in [0.2, 0.25) is 5.91 Å². The number of amides is 1. The number of aromatic nitrogens is 2. The predicted octanol–water partition coefficient (Wildman–Crippen LogP) is 4.81. The Bertz CT molecular complexity index is 1280. The molecule has 2 heterocycles. The van der Waals surface area contributed by atoms with Crippen LogP contribution in [0.15, 0.2) is 69.9 Å². The van der Waals surface area contributed by atoms with Gasteiger partial charge in [-0.25, -0.2) is 4.98 Å². The number of hydrogen-bond donors (Lipinski definition) is 0. The zero-order chi connectivity index (χ0) is 22.0. The van der Waals surface area contributed by atoms with Crippen molar-refractivity contribution < 1.29 is 4.79 Å². The van der Waals surface area contributed by atoms with Gasteiger partial charge in [0.1, 0.15) is 0 Å². The molecular weight excluding hydrogens is 426 g/mol. The molecule has 0 radical (unpaired) electrons. The molecule has 0 aliphatic rings. The van der Waals surface area contributed by atoms with E-state index in [1.165, 1.54) is 11.8 Å². The lowest BCUT2D eigenvalue weighted by Crippen LogP contribution is -2.28. The average molecular weight is 450 g/mol. The fourth-order valence-corrected chi connectivity index (χ4v) is 5.22. The van der Waals surface area contributed by atoms with Gasteiger partial charge in [0, 0.05) is 11.9 Å². The van der Waals surface area contributed by atoms with Gasteiger partial charge in [-0.15, -0.1) is 11.3 Å².